The molecule has 5 nitrogen and oxygen atoms in total. The first-order chi connectivity index (χ1) is 8.01. The molecule has 1 aliphatic rings. The van der Waals surface area contributed by atoms with E-state index in [1.165, 1.54) is 11.3 Å². The molecule has 2 rings (SSSR count). The topological polar surface area (TPSA) is 55.3 Å². The maximum Gasteiger partial charge on any atom is 0.293 e. The molecule has 0 N–H and O–H groups in total. The molecule has 1 aromatic heterocycles. The van der Waals surface area contributed by atoms with Gasteiger partial charge in [0.15, 0.2) is 0 Å². The lowest BCUT2D eigenvalue weighted by atomic mass is 10.1. The van der Waals surface area contributed by atoms with Crippen LogP contribution in [-0.4, -0.2) is 50.0 Å². The molecule has 1 atom stereocenters. The molecule has 96 valence electrons. The molecule has 0 bridgehead atoms. The lowest BCUT2D eigenvalue weighted by Crippen LogP contribution is -2.53. The Labute approximate surface area is 108 Å². The van der Waals surface area contributed by atoms with Crippen molar-refractivity contribution in [2.24, 2.45) is 0 Å². The Morgan fingerprint density at radius 3 is 2.88 bits per heavy atom. The van der Waals surface area contributed by atoms with E-state index in [0.29, 0.717) is 5.19 Å². The van der Waals surface area contributed by atoms with Crippen molar-refractivity contribution in [1.82, 2.24) is 15.1 Å². The van der Waals surface area contributed by atoms with Crippen LogP contribution in [0.4, 0.5) is 0 Å². The smallest absolute Gasteiger partial charge is 0.293 e. The summed E-state index contributed by atoms with van der Waals surface area (Å²) in [6.45, 7) is 5.86. The van der Waals surface area contributed by atoms with Gasteiger partial charge in [0.2, 0.25) is 0 Å². The van der Waals surface area contributed by atoms with Gasteiger partial charge in [-0.2, -0.15) is 0 Å². The third-order valence-electron chi connectivity index (χ3n) is 2.91. The van der Waals surface area contributed by atoms with E-state index in [2.05, 4.69) is 28.9 Å². The summed E-state index contributed by atoms with van der Waals surface area (Å²) >= 11 is 1.47. The van der Waals surface area contributed by atoms with Crippen molar-refractivity contribution in [3.63, 3.8) is 0 Å². The molecule has 7 heteroatoms. The molecule has 17 heavy (non-hydrogen) atoms. The molecule has 1 fully saturated rings. The van der Waals surface area contributed by atoms with E-state index in [4.69, 9.17) is 4.74 Å². The van der Waals surface area contributed by atoms with Crippen LogP contribution < -0.4 is 4.74 Å². The summed E-state index contributed by atoms with van der Waals surface area (Å²) in [4.78, 5) is 2.31. The Hall–Kier alpha value is -0.530. The lowest BCUT2D eigenvalue weighted by molar-refractivity contribution is 0.133. The van der Waals surface area contributed by atoms with Gasteiger partial charge in [0.25, 0.3) is 5.19 Å². The molecular formula is C10H17N3O2S2. The molecule has 1 saturated heterocycles. The number of nitrogens with zero attached hydrogens (tertiary/aromatic N) is 3. The second-order valence-corrected chi connectivity index (χ2v) is 7.29. The van der Waals surface area contributed by atoms with Gasteiger partial charge in [-0.25, -0.2) is 0 Å². The van der Waals surface area contributed by atoms with E-state index in [9.17, 15) is 4.21 Å². The monoisotopic (exact) mass is 275 g/mol. The van der Waals surface area contributed by atoms with Gasteiger partial charge < -0.3 is 4.74 Å². The van der Waals surface area contributed by atoms with Crippen LogP contribution in [0.3, 0.4) is 0 Å². The number of hydrogen-bond donors (Lipinski definition) is 0. The zero-order chi connectivity index (χ0) is 12.5. The number of ether oxygens (including phenoxy) is 1. The fourth-order valence-electron chi connectivity index (χ4n) is 1.91. The van der Waals surface area contributed by atoms with Crippen molar-refractivity contribution in [2.45, 2.75) is 25.9 Å². The SMILES string of the molecule is COc1nnc(CN2CCS(=O)CC2(C)C)s1. The Balaban J connectivity index is 2.05. The van der Waals surface area contributed by atoms with Crippen molar-refractivity contribution in [1.29, 1.82) is 0 Å². The van der Waals surface area contributed by atoms with Crippen LogP contribution in [0.1, 0.15) is 18.9 Å². The van der Waals surface area contributed by atoms with Crippen LogP contribution in [0, 0.1) is 0 Å². The minimum absolute atomic E-state index is 0.0397. The van der Waals surface area contributed by atoms with Crippen molar-refractivity contribution in [3.8, 4) is 5.19 Å². The first kappa shape index (κ1) is 12.9. The fourth-order valence-corrected chi connectivity index (χ4v) is 4.12. The molecule has 1 aromatic rings. The molecule has 0 radical (unpaired) electrons. The Kier molecular flexibility index (Phi) is 3.79. The van der Waals surface area contributed by atoms with E-state index in [1.54, 1.807) is 7.11 Å². The maximum absolute atomic E-state index is 11.6. The zero-order valence-electron chi connectivity index (χ0n) is 10.3. The molecule has 0 saturated carbocycles. The molecule has 0 aliphatic carbocycles. The maximum atomic E-state index is 11.6. The molecule has 1 aliphatic heterocycles. The standard InChI is InChI=1S/C10H17N3O2S2/c1-10(2)7-17(14)5-4-13(10)6-8-11-12-9(15-3)16-8/h4-7H2,1-3H3. The van der Waals surface area contributed by atoms with E-state index in [1.807, 2.05) is 0 Å². The molecule has 0 amide bonds. The van der Waals surface area contributed by atoms with E-state index in [-0.39, 0.29) is 5.54 Å². The summed E-state index contributed by atoms with van der Waals surface area (Å²) < 4.78 is 16.6. The van der Waals surface area contributed by atoms with Crippen LogP contribution in [0.5, 0.6) is 5.19 Å². The first-order valence-electron chi connectivity index (χ1n) is 5.48. The number of rotatable bonds is 3. The third kappa shape index (κ3) is 3.02. The Morgan fingerprint density at radius 2 is 2.29 bits per heavy atom. The highest BCUT2D eigenvalue weighted by atomic mass is 32.2. The minimum atomic E-state index is -0.684. The van der Waals surface area contributed by atoms with Crippen molar-refractivity contribution in [2.75, 3.05) is 25.2 Å². The summed E-state index contributed by atoms with van der Waals surface area (Å²) in [5.74, 6) is 1.47. The molecule has 2 heterocycles. The second-order valence-electron chi connectivity index (χ2n) is 4.69. The molecule has 0 spiro atoms. The Bertz CT molecular complexity index is 419. The van der Waals surface area contributed by atoms with E-state index >= 15 is 0 Å². The highest BCUT2D eigenvalue weighted by Crippen LogP contribution is 2.25. The highest BCUT2D eigenvalue weighted by molar-refractivity contribution is 7.85. The average Bonchev–Trinajstić information content (AvgIpc) is 2.69. The largest absolute Gasteiger partial charge is 0.472 e. The van der Waals surface area contributed by atoms with Crippen molar-refractivity contribution < 1.29 is 8.95 Å². The molecular weight excluding hydrogens is 258 g/mol. The van der Waals surface area contributed by atoms with Gasteiger partial charge in [-0.1, -0.05) is 11.3 Å². The number of methoxy groups -OCH3 is 1. The number of aromatic nitrogens is 2. The average molecular weight is 275 g/mol. The highest BCUT2D eigenvalue weighted by Gasteiger charge is 2.33. The summed E-state index contributed by atoms with van der Waals surface area (Å²) in [5.41, 5.74) is -0.0397. The molecule has 0 aromatic carbocycles. The Morgan fingerprint density at radius 1 is 1.53 bits per heavy atom. The van der Waals surface area contributed by atoms with Crippen LogP contribution in [-0.2, 0) is 17.3 Å². The number of hydrogen-bond acceptors (Lipinski definition) is 6. The predicted molar refractivity (Wildman–Crippen MR) is 68.8 cm³/mol. The van der Waals surface area contributed by atoms with Gasteiger partial charge in [-0.15, -0.1) is 10.2 Å². The van der Waals surface area contributed by atoms with Gasteiger partial charge in [0, 0.05) is 34.4 Å². The summed E-state index contributed by atoms with van der Waals surface area (Å²) in [6.07, 6.45) is 0. The van der Waals surface area contributed by atoms with Gasteiger partial charge in [-0.3, -0.25) is 9.11 Å². The normalized spacial score (nSPS) is 24.8. The second kappa shape index (κ2) is 4.99. The van der Waals surface area contributed by atoms with Gasteiger partial charge in [-0.05, 0) is 13.8 Å². The van der Waals surface area contributed by atoms with Crippen LogP contribution in [0.15, 0.2) is 0 Å². The predicted octanol–water partition coefficient (Wildman–Crippen LogP) is 0.890. The van der Waals surface area contributed by atoms with Crippen molar-refractivity contribution in [3.05, 3.63) is 5.01 Å². The fraction of sp³-hybridized carbons (Fsp3) is 0.800. The summed E-state index contributed by atoms with van der Waals surface area (Å²) in [6, 6.07) is 0. The quantitative estimate of drug-likeness (QED) is 0.820. The molecule has 1 unspecified atom stereocenters. The lowest BCUT2D eigenvalue weighted by Gasteiger charge is -2.41. The van der Waals surface area contributed by atoms with Crippen LogP contribution in [0.2, 0.25) is 0 Å². The first-order valence-corrected chi connectivity index (χ1v) is 7.78. The van der Waals surface area contributed by atoms with Crippen LogP contribution >= 0.6 is 11.3 Å². The van der Waals surface area contributed by atoms with Crippen LogP contribution in [0.25, 0.3) is 0 Å². The zero-order valence-corrected chi connectivity index (χ0v) is 11.9. The minimum Gasteiger partial charge on any atom is -0.472 e. The van der Waals surface area contributed by atoms with Gasteiger partial charge in [0.1, 0.15) is 5.01 Å². The van der Waals surface area contributed by atoms with E-state index in [0.717, 1.165) is 29.6 Å². The third-order valence-corrected chi connectivity index (χ3v) is 5.44. The van der Waals surface area contributed by atoms with E-state index < -0.39 is 10.8 Å². The van der Waals surface area contributed by atoms with Gasteiger partial charge in [0.05, 0.1) is 13.7 Å². The van der Waals surface area contributed by atoms with Gasteiger partial charge >= 0.3 is 0 Å². The summed E-state index contributed by atoms with van der Waals surface area (Å²) in [5, 5.41) is 9.56. The summed E-state index contributed by atoms with van der Waals surface area (Å²) in [7, 11) is 0.912. The van der Waals surface area contributed by atoms with Crippen molar-refractivity contribution >= 4 is 22.1 Å².